The maximum Gasteiger partial charge on any atom is 0.305 e. The molecule has 0 unspecified atom stereocenters. The van der Waals surface area contributed by atoms with Gasteiger partial charge in [0.2, 0.25) is 5.91 Å². The Morgan fingerprint density at radius 2 is 1.81 bits per heavy atom. The molecule has 1 rings (SSSR count). The number of amides is 1. The first kappa shape index (κ1) is 16.7. The van der Waals surface area contributed by atoms with Gasteiger partial charge in [-0.3, -0.25) is 15.0 Å². The third-order valence-corrected chi connectivity index (χ3v) is 2.82. The van der Waals surface area contributed by atoms with Crippen molar-refractivity contribution in [3.05, 3.63) is 29.8 Å². The first-order chi connectivity index (χ1) is 10.0. The Labute approximate surface area is 124 Å². The first-order valence-corrected chi connectivity index (χ1v) is 6.93. The summed E-state index contributed by atoms with van der Waals surface area (Å²) >= 11 is 0. The summed E-state index contributed by atoms with van der Waals surface area (Å²) in [4.78, 5) is 22.8. The molecule has 114 valence electrons. The van der Waals surface area contributed by atoms with Crippen LogP contribution in [0.3, 0.4) is 0 Å². The van der Waals surface area contributed by atoms with Crippen LogP contribution in [0.2, 0.25) is 0 Å². The van der Waals surface area contributed by atoms with Gasteiger partial charge in [0.05, 0.1) is 6.61 Å². The van der Waals surface area contributed by atoms with Crippen molar-refractivity contribution in [3.8, 4) is 0 Å². The topological polar surface area (TPSA) is 105 Å². The Morgan fingerprint density at radius 3 is 2.38 bits per heavy atom. The van der Waals surface area contributed by atoms with E-state index in [2.05, 4.69) is 5.32 Å². The summed E-state index contributed by atoms with van der Waals surface area (Å²) in [5.41, 5.74) is 6.63. The van der Waals surface area contributed by atoms with Crippen molar-refractivity contribution in [2.75, 3.05) is 11.9 Å². The summed E-state index contributed by atoms with van der Waals surface area (Å²) < 4.78 is 4.81. The minimum absolute atomic E-state index is 0.00755. The number of hydrogen-bond acceptors (Lipinski definition) is 4. The molecule has 0 bridgehead atoms. The van der Waals surface area contributed by atoms with Gasteiger partial charge in [-0.25, -0.2) is 0 Å². The smallest absolute Gasteiger partial charge is 0.305 e. The quantitative estimate of drug-likeness (QED) is 0.295. The summed E-state index contributed by atoms with van der Waals surface area (Å²) in [7, 11) is 0. The van der Waals surface area contributed by atoms with Gasteiger partial charge in [-0.05, 0) is 44.0 Å². The summed E-state index contributed by atoms with van der Waals surface area (Å²) in [6, 6.07) is 6.76. The van der Waals surface area contributed by atoms with Crippen molar-refractivity contribution >= 4 is 23.4 Å². The fourth-order valence-electron chi connectivity index (χ4n) is 1.74. The minimum Gasteiger partial charge on any atom is -0.466 e. The van der Waals surface area contributed by atoms with Crippen LogP contribution in [0.15, 0.2) is 24.3 Å². The van der Waals surface area contributed by atoms with Crippen molar-refractivity contribution in [1.82, 2.24) is 0 Å². The number of ether oxygens (including phenoxy) is 1. The fourth-order valence-corrected chi connectivity index (χ4v) is 1.74. The number of amidine groups is 1. The van der Waals surface area contributed by atoms with Crippen LogP contribution >= 0.6 is 0 Å². The highest BCUT2D eigenvalue weighted by atomic mass is 16.5. The van der Waals surface area contributed by atoms with Gasteiger partial charge in [0, 0.05) is 24.1 Å². The zero-order valence-corrected chi connectivity index (χ0v) is 12.1. The van der Waals surface area contributed by atoms with Crippen LogP contribution in [-0.2, 0) is 14.3 Å². The molecular weight excluding hydrogens is 270 g/mol. The molecule has 0 atom stereocenters. The lowest BCUT2D eigenvalue weighted by Gasteiger charge is -2.06. The largest absolute Gasteiger partial charge is 0.466 e. The molecule has 4 N–H and O–H groups in total. The molecule has 1 amide bonds. The number of nitrogens with one attached hydrogen (secondary N) is 2. The minimum atomic E-state index is -0.224. The van der Waals surface area contributed by atoms with Crippen molar-refractivity contribution in [2.45, 2.75) is 32.6 Å². The highest BCUT2D eigenvalue weighted by molar-refractivity contribution is 5.96. The number of hydrogen-bond donors (Lipinski definition) is 3. The molecule has 0 aliphatic carbocycles. The number of benzene rings is 1. The number of anilines is 1. The van der Waals surface area contributed by atoms with E-state index in [1.165, 1.54) is 0 Å². The van der Waals surface area contributed by atoms with Gasteiger partial charge in [0.15, 0.2) is 0 Å². The Hall–Kier alpha value is -2.37. The van der Waals surface area contributed by atoms with E-state index in [9.17, 15) is 9.59 Å². The van der Waals surface area contributed by atoms with Crippen LogP contribution in [0.25, 0.3) is 0 Å². The molecule has 0 radical (unpaired) electrons. The zero-order valence-electron chi connectivity index (χ0n) is 12.1. The number of esters is 1. The number of rotatable bonds is 8. The standard InChI is InChI=1S/C15H21N3O3/c1-2-21-14(20)6-4-3-5-13(19)18-12-9-7-11(8-10-12)15(16)17/h7-10H,2-6H2,1H3,(H3,16,17)(H,18,19). The molecule has 1 aromatic rings. The van der Waals surface area contributed by atoms with Gasteiger partial charge in [-0.15, -0.1) is 0 Å². The number of nitrogens with two attached hydrogens (primary N) is 1. The number of nitrogen functional groups attached to an aromatic ring is 1. The molecule has 0 saturated carbocycles. The second-order valence-corrected chi connectivity index (χ2v) is 4.55. The lowest BCUT2D eigenvalue weighted by Crippen LogP contribution is -2.13. The van der Waals surface area contributed by atoms with E-state index >= 15 is 0 Å². The van der Waals surface area contributed by atoms with Crippen LogP contribution in [0.1, 0.15) is 38.2 Å². The molecule has 0 aliphatic heterocycles. The monoisotopic (exact) mass is 291 g/mol. The van der Waals surface area contributed by atoms with Crippen LogP contribution in [0.5, 0.6) is 0 Å². The highest BCUT2D eigenvalue weighted by Gasteiger charge is 2.05. The molecule has 21 heavy (non-hydrogen) atoms. The van der Waals surface area contributed by atoms with Crippen molar-refractivity contribution < 1.29 is 14.3 Å². The van der Waals surface area contributed by atoms with Crippen LogP contribution in [0, 0.1) is 5.41 Å². The predicted octanol–water partition coefficient (Wildman–Crippen LogP) is 2.03. The van der Waals surface area contributed by atoms with Gasteiger partial charge in [0.1, 0.15) is 5.84 Å². The summed E-state index contributed by atoms with van der Waals surface area (Å²) in [5.74, 6) is -0.334. The molecule has 6 heteroatoms. The second kappa shape index (κ2) is 8.73. The maximum atomic E-state index is 11.7. The van der Waals surface area contributed by atoms with Crippen molar-refractivity contribution in [2.24, 2.45) is 5.73 Å². The highest BCUT2D eigenvalue weighted by Crippen LogP contribution is 2.10. The van der Waals surface area contributed by atoms with E-state index < -0.39 is 0 Å². The molecule has 0 saturated heterocycles. The van der Waals surface area contributed by atoms with Gasteiger partial charge in [-0.1, -0.05) is 0 Å². The molecule has 6 nitrogen and oxygen atoms in total. The molecular formula is C15H21N3O3. The average molecular weight is 291 g/mol. The van der Waals surface area contributed by atoms with E-state index in [4.69, 9.17) is 15.9 Å². The van der Waals surface area contributed by atoms with Gasteiger partial charge in [-0.2, -0.15) is 0 Å². The van der Waals surface area contributed by atoms with Gasteiger partial charge in [0.25, 0.3) is 0 Å². The van der Waals surface area contributed by atoms with Crippen LogP contribution in [0.4, 0.5) is 5.69 Å². The molecule has 0 fully saturated rings. The maximum absolute atomic E-state index is 11.7. The van der Waals surface area contributed by atoms with E-state index in [1.807, 2.05) is 0 Å². The van der Waals surface area contributed by atoms with Gasteiger partial charge >= 0.3 is 5.97 Å². The normalized spacial score (nSPS) is 9.95. The van der Waals surface area contributed by atoms with Gasteiger partial charge < -0.3 is 15.8 Å². The van der Waals surface area contributed by atoms with Crippen molar-refractivity contribution in [3.63, 3.8) is 0 Å². The third kappa shape index (κ3) is 6.56. The fraction of sp³-hybridized carbons (Fsp3) is 0.400. The summed E-state index contributed by atoms with van der Waals surface area (Å²) in [6.45, 7) is 2.15. The molecule has 0 aliphatic rings. The zero-order chi connectivity index (χ0) is 15.7. The van der Waals surface area contributed by atoms with E-state index in [0.717, 1.165) is 0 Å². The lowest BCUT2D eigenvalue weighted by atomic mass is 10.1. The third-order valence-electron chi connectivity index (χ3n) is 2.82. The van der Waals surface area contributed by atoms with E-state index in [1.54, 1.807) is 31.2 Å². The number of unbranched alkanes of at least 4 members (excludes halogenated alkanes) is 1. The lowest BCUT2D eigenvalue weighted by molar-refractivity contribution is -0.143. The predicted molar refractivity (Wildman–Crippen MR) is 81.2 cm³/mol. The number of carbonyl (C=O) groups is 2. The average Bonchev–Trinajstić information content (AvgIpc) is 2.44. The molecule has 1 aromatic carbocycles. The SMILES string of the molecule is CCOC(=O)CCCCC(=O)Nc1ccc(C(=N)N)cc1. The van der Waals surface area contributed by atoms with E-state index in [0.29, 0.717) is 43.5 Å². The Balaban J connectivity index is 2.27. The Morgan fingerprint density at radius 1 is 1.19 bits per heavy atom. The molecule has 0 aromatic heterocycles. The second-order valence-electron chi connectivity index (χ2n) is 4.55. The van der Waals surface area contributed by atoms with Crippen LogP contribution in [-0.4, -0.2) is 24.3 Å². The number of carbonyl (C=O) groups excluding carboxylic acids is 2. The van der Waals surface area contributed by atoms with Crippen molar-refractivity contribution in [1.29, 1.82) is 5.41 Å². The molecule has 0 heterocycles. The molecule has 0 spiro atoms. The Bertz CT molecular complexity index is 497. The first-order valence-electron chi connectivity index (χ1n) is 6.93. The van der Waals surface area contributed by atoms with Crippen LogP contribution < -0.4 is 11.1 Å². The summed E-state index contributed by atoms with van der Waals surface area (Å²) in [6.07, 6.45) is 1.97. The van der Waals surface area contributed by atoms with E-state index in [-0.39, 0.29) is 17.7 Å². The summed E-state index contributed by atoms with van der Waals surface area (Å²) in [5, 5.41) is 10.0. The Kier molecular flexibility index (Phi) is 6.94.